The van der Waals surface area contributed by atoms with Gasteiger partial charge in [-0.3, -0.25) is 14.9 Å². The van der Waals surface area contributed by atoms with Crippen LogP contribution in [0.5, 0.6) is 0 Å². The third-order valence-electron chi connectivity index (χ3n) is 2.73. The first-order valence-electron chi connectivity index (χ1n) is 5.25. The van der Waals surface area contributed by atoms with Crippen LogP contribution in [0.3, 0.4) is 0 Å². The molecular formula is C11H11N3O4. The molecular weight excluding hydrogens is 238 g/mol. The number of carboxylic acids is 1. The fourth-order valence-electron chi connectivity index (χ4n) is 1.92. The molecule has 0 saturated heterocycles. The number of nitro benzene ring substituents is 1. The van der Waals surface area contributed by atoms with Crippen molar-refractivity contribution in [1.82, 2.24) is 4.98 Å². The van der Waals surface area contributed by atoms with Crippen LogP contribution >= 0.6 is 0 Å². The molecule has 1 aromatic heterocycles. The zero-order chi connectivity index (χ0) is 13.3. The highest BCUT2D eigenvalue weighted by Gasteiger charge is 2.17. The number of nitro groups is 1. The van der Waals surface area contributed by atoms with E-state index >= 15 is 0 Å². The summed E-state index contributed by atoms with van der Waals surface area (Å²) in [5.41, 5.74) is 7.13. The Labute approximate surface area is 101 Å². The average Bonchev–Trinajstić information content (AvgIpc) is 2.71. The van der Waals surface area contributed by atoms with E-state index in [1.807, 2.05) is 0 Å². The summed E-state index contributed by atoms with van der Waals surface area (Å²) in [6.07, 6.45) is 1.80. The molecule has 2 aromatic rings. The number of benzene rings is 1. The van der Waals surface area contributed by atoms with Gasteiger partial charge in [-0.25, -0.2) is 0 Å². The summed E-state index contributed by atoms with van der Waals surface area (Å²) in [6.45, 7) is 0. The Morgan fingerprint density at radius 3 is 2.83 bits per heavy atom. The van der Waals surface area contributed by atoms with Gasteiger partial charge in [0, 0.05) is 29.8 Å². The molecule has 4 N–H and O–H groups in total. The van der Waals surface area contributed by atoms with E-state index in [0.29, 0.717) is 22.2 Å². The van der Waals surface area contributed by atoms with E-state index in [4.69, 9.17) is 10.8 Å². The highest BCUT2D eigenvalue weighted by molar-refractivity contribution is 5.99. The molecule has 18 heavy (non-hydrogen) atoms. The number of aliphatic carboxylic acids is 1. The van der Waals surface area contributed by atoms with E-state index < -0.39 is 10.9 Å². The van der Waals surface area contributed by atoms with Crippen molar-refractivity contribution in [3.8, 4) is 0 Å². The number of fused-ring (bicyclic) bond motifs is 1. The van der Waals surface area contributed by atoms with Crippen molar-refractivity contribution >= 4 is 28.2 Å². The SMILES string of the molecule is Nc1ccc([N+](=O)[O-])c2[nH]cc(CCC(=O)O)c12. The number of rotatable bonds is 4. The number of non-ortho nitro benzene ring substituents is 1. The lowest BCUT2D eigenvalue weighted by Crippen LogP contribution is -1.98. The molecule has 0 fully saturated rings. The molecule has 7 nitrogen and oxygen atoms in total. The number of carbonyl (C=O) groups is 1. The van der Waals surface area contributed by atoms with E-state index in [1.54, 1.807) is 6.20 Å². The Hall–Kier alpha value is -2.57. The molecule has 0 radical (unpaired) electrons. The van der Waals surface area contributed by atoms with Gasteiger partial charge in [-0.2, -0.15) is 0 Å². The van der Waals surface area contributed by atoms with Crippen molar-refractivity contribution in [3.05, 3.63) is 34.0 Å². The maximum atomic E-state index is 10.9. The topological polar surface area (TPSA) is 122 Å². The van der Waals surface area contributed by atoms with Crippen molar-refractivity contribution in [2.24, 2.45) is 0 Å². The first kappa shape index (κ1) is 11.9. The normalized spacial score (nSPS) is 10.7. The molecule has 0 saturated carbocycles. The van der Waals surface area contributed by atoms with Crippen LogP contribution in [0.4, 0.5) is 11.4 Å². The smallest absolute Gasteiger partial charge is 0.303 e. The number of carboxylic acid groups (broad SMARTS) is 1. The predicted octanol–water partition coefficient (Wildman–Crippen LogP) is 1.68. The Morgan fingerprint density at radius 2 is 2.22 bits per heavy atom. The van der Waals surface area contributed by atoms with E-state index in [1.165, 1.54) is 12.1 Å². The molecule has 1 heterocycles. The second kappa shape index (κ2) is 4.36. The number of nitrogen functional groups attached to an aromatic ring is 1. The van der Waals surface area contributed by atoms with Crippen LogP contribution in [-0.2, 0) is 11.2 Å². The van der Waals surface area contributed by atoms with Crippen LogP contribution in [-0.4, -0.2) is 21.0 Å². The van der Waals surface area contributed by atoms with E-state index in [9.17, 15) is 14.9 Å². The van der Waals surface area contributed by atoms with E-state index in [-0.39, 0.29) is 18.5 Å². The maximum absolute atomic E-state index is 10.9. The number of nitrogens with two attached hydrogens (primary N) is 1. The van der Waals surface area contributed by atoms with Crippen LogP contribution in [0.1, 0.15) is 12.0 Å². The molecule has 0 aliphatic carbocycles. The van der Waals surface area contributed by atoms with Crippen molar-refractivity contribution < 1.29 is 14.8 Å². The second-order valence-electron chi connectivity index (χ2n) is 3.89. The number of nitrogens with one attached hydrogen (secondary N) is 1. The number of hydrogen-bond acceptors (Lipinski definition) is 4. The maximum Gasteiger partial charge on any atom is 0.303 e. The van der Waals surface area contributed by atoms with Gasteiger partial charge in [0.1, 0.15) is 5.52 Å². The summed E-state index contributed by atoms with van der Waals surface area (Å²) in [5, 5.41) is 20.0. The second-order valence-corrected chi connectivity index (χ2v) is 3.89. The first-order valence-corrected chi connectivity index (χ1v) is 5.25. The number of anilines is 1. The monoisotopic (exact) mass is 249 g/mol. The minimum absolute atomic E-state index is 0.0465. The van der Waals surface area contributed by atoms with Gasteiger partial charge in [-0.05, 0) is 18.1 Å². The standard InChI is InChI=1S/C11H11N3O4/c12-7-2-3-8(14(17)18)11-10(7)6(5-13-11)1-4-9(15)16/h2-3,5,13H,1,4,12H2,(H,15,16). The van der Waals surface area contributed by atoms with Gasteiger partial charge in [-0.15, -0.1) is 0 Å². The van der Waals surface area contributed by atoms with Crippen LogP contribution in [0.2, 0.25) is 0 Å². The number of aromatic amines is 1. The molecule has 7 heteroatoms. The van der Waals surface area contributed by atoms with Gasteiger partial charge in [0.15, 0.2) is 0 Å². The third-order valence-corrected chi connectivity index (χ3v) is 2.73. The molecule has 0 aliphatic heterocycles. The molecule has 0 spiro atoms. The van der Waals surface area contributed by atoms with Gasteiger partial charge in [0.25, 0.3) is 5.69 Å². The molecule has 2 rings (SSSR count). The molecule has 0 amide bonds. The Morgan fingerprint density at radius 1 is 1.50 bits per heavy atom. The number of H-pyrrole nitrogens is 1. The minimum atomic E-state index is -0.923. The lowest BCUT2D eigenvalue weighted by Gasteiger charge is -2.01. The van der Waals surface area contributed by atoms with Gasteiger partial charge < -0.3 is 15.8 Å². The molecule has 1 aromatic carbocycles. The summed E-state index contributed by atoms with van der Waals surface area (Å²) in [5.74, 6) is -0.923. The van der Waals surface area contributed by atoms with Crippen LogP contribution in [0, 0.1) is 10.1 Å². The van der Waals surface area contributed by atoms with Crippen molar-refractivity contribution in [2.75, 3.05) is 5.73 Å². The summed E-state index contributed by atoms with van der Waals surface area (Å²) in [4.78, 5) is 23.7. The molecule has 0 bridgehead atoms. The summed E-state index contributed by atoms with van der Waals surface area (Å²) < 4.78 is 0. The molecule has 0 aliphatic rings. The largest absolute Gasteiger partial charge is 0.481 e. The van der Waals surface area contributed by atoms with Gasteiger partial charge in [0.05, 0.1) is 4.92 Å². The van der Waals surface area contributed by atoms with E-state index in [2.05, 4.69) is 4.98 Å². The summed E-state index contributed by atoms with van der Waals surface area (Å²) >= 11 is 0. The van der Waals surface area contributed by atoms with Crippen LogP contribution in [0.25, 0.3) is 10.9 Å². The van der Waals surface area contributed by atoms with Crippen LogP contribution in [0.15, 0.2) is 18.3 Å². The number of nitrogens with zero attached hydrogens (tertiary/aromatic N) is 1. The fourth-order valence-corrected chi connectivity index (χ4v) is 1.92. The lowest BCUT2D eigenvalue weighted by molar-refractivity contribution is -0.383. The Bertz CT molecular complexity index is 632. The van der Waals surface area contributed by atoms with Crippen molar-refractivity contribution in [3.63, 3.8) is 0 Å². The number of hydrogen-bond donors (Lipinski definition) is 3. The zero-order valence-electron chi connectivity index (χ0n) is 9.34. The average molecular weight is 249 g/mol. The molecule has 0 unspecified atom stereocenters. The van der Waals surface area contributed by atoms with Crippen LogP contribution < -0.4 is 5.73 Å². The Kier molecular flexibility index (Phi) is 2.88. The first-order chi connectivity index (χ1) is 8.50. The Balaban J connectivity index is 2.54. The molecule has 0 atom stereocenters. The fraction of sp³-hybridized carbons (Fsp3) is 0.182. The number of aromatic nitrogens is 1. The van der Waals surface area contributed by atoms with Gasteiger partial charge in [0.2, 0.25) is 0 Å². The van der Waals surface area contributed by atoms with Crippen molar-refractivity contribution in [2.45, 2.75) is 12.8 Å². The number of aryl methyl sites for hydroxylation is 1. The summed E-state index contributed by atoms with van der Waals surface area (Å²) in [7, 11) is 0. The zero-order valence-corrected chi connectivity index (χ0v) is 9.34. The highest BCUT2D eigenvalue weighted by Crippen LogP contribution is 2.32. The minimum Gasteiger partial charge on any atom is -0.481 e. The van der Waals surface area contributed by atoms with Gasteiger partial charge in [-0.1, -0.05) is 0 Å². The third kappa shape index (κ3) is 1.97. The molecule has 94 valence electrons. The predicted molar refractivity (Wildman–Crippen MR) is 65.3 cm³/mol. The quantitative estimate of drug-likeness (QED) is 0.432. The lowest BCUT2D eigenvalue weighted by atomic mass is 10.1. The van der Waals surface area contributed by atoms with E-state index in [0.717, 1.165) is 0 Å². The van der Waals surface area contributed by atoms with Crippen molar-refractivity contribution in [1.29, 1.82) is 0 Å². The van der Waals surface area contributed by atoms with Gasteiger partial charge >= 0.3 is 5.97 Å². The summed E-state index contributed by atoms with van der Waals surface area (Å²) in [6, 6.07) is 2.79. The highest BCUT2D eigenvalue weighted by atomic mass is 16.6.